The van der Waals surface area contributed by atoms with Gasteiger partial charge in [0.2, 0.25) is 0 Å². The molecule has 3 rings (SSSR count). The molecule has 1 saturated carbocycles. The molecule has 2 fully saturated rings. The molecule has 118 valence electrons. The summed E-state index contributed by atoms with van der Waals surface area (Å²) in [6, 6.07) is 0.807. The Morgan fingerprint density at radius 1 is 1.14 bits per heavy atom. The molecule has 0 spiro atoms. The van der Waals surface area contributed by atoms with Crippen molar-refractivity contribution >= 4 is 0 Å². The zero-order valence-electron chi connectivity index (χ0n) is 14.3. The molecular formula is C17H30N4. The van der Waals surface area contributed by atoms with Crippen molar-refractivity contribution in [2.45, 2.75) is 52.7 Å². The maximum Gasteiger partial charge on any atom is 0.0641 e. The summed E-state index contributed by atoms with van der Waals surface area (Å²) < 4.78 is 2.14. The maximum atomic E-state index is 4.67. The minimum Gasteiger partial charge on any atom is -0.306 e. The first-order valence-corrected chi connectivity index (χ1v) is 8.43. The molecule has 1 aliphatic carbocycles. The molecule has 1 aromatic rings. The smallest absolute Gasteiger partial charge is 0.0641 e. The summed E-state index contributed by atoms with van der Waals surface area (Å²) in [5.41, 5.74) is 4.04. The van der Waals surface area contributed by atoms with Gasteiger partial charge >= 0.3 is 0 Å². The molecule has 1 aromatic heterocycles. The minimum absolute atomic E-state index is 0.807. The van der Waals surface area contributed by atoms with Crippen LogP contribution in [0, 0.1) is 25.7 Å². The molecular weight excluding hydrogens is 260 g/mol. The van der Waals surface area contributed by atoms with Crippen LogP contribution < -0.4 is 0 Å². The van der Waals surface area contributed by atoms with Gasteiger partial charge in [-0.2, -0.15) is 5.10 Å². The SMILES string of the molecule is CCn1nc(C)c(CN2C[C@H]3CC[C@@H](C2)C3N(C)C)c1C. The van der Waals surface area contributed by atoms with Gasteiger partial charge in [-0.25, -0.2) is 0 Å². The summed E-state index contributed by atoms with van der Waals surface area (Å²) in [6.07, 6.45) is 2.83. The van der Waals surface area contributed by atoms with E-state index in [1.165, 1.54) is 42.9 Å². The van der Waals surface area contributed by atoms with E-state index in [4.69, 9.17) is 0 Å². The van der Waals surface area contributed by atoms with Crippen LogP contribution in [-0.2, 0) is 13.1 Å². The van der Waals surface area contributed by atoms with E-state index in [0.717, 1.165) is 31.0 Å². The first-order chi connectivity index (χ1) is 10.0. The second-order valence-corrected chi connectivity index (χ2v) is 7.21. The zero-order chi connectivity index (χ0) is 15.1. The Balaban J connectivity index is 1.72. The summed E-state index contributed by atoms with van der Waals surface area (Å²) in [6.45, 7) is 11.1. The lowest BCUT2D eigenvalue weighted by atomic mass is 9.91. The van der Waals surface area contributed by atoms with Crippen molar-refractivity contribution in [3.05, 3.63) is 17.0 Å². The van der Waals surface area contributed by atoms with Gasteiger partial charge in [0.15, 0.2) is 0 Å². The van der Waals surface area contributed by atoms with Crippen molar-refractivity contribution in [1.29, 1.82) is 0 Å². The fourth-order valence-corrected chi connectivity index (χ4v) is 4.76. The van der Waals surface area contributed by atoms with Gasteiger partial charge in [0.05, 0.1) is 5.69 Å². The lowest BCUT2D eigenvalue weighted by molar-refractivity contribution is 0.0712. The normalized spacial score (nSPS) is 29.5. The number of fused-ring (bicyclic) bond motifs is 2. The first-order valence-electron chi connectivity index (χ1n) is 8.43. The molecule has 3 atom stereocenters. The quantitative estimate of drug-likeness (QED) is 0.850. The molecule has 0 aromatic carbocycles. The van der Waals surface area contributed by atoms with E-state index in [-0.39, 0.29) is 0 Å². The van der Waals surface area contributed by atoms with Crippen molar-refractivity contribution in [2.75, 3.05) is 27.2 Å². The van der Waals surface area contributed by atoms with E-state index in [1.807, 2.05) is 0 Å². The lowest BCUT2D eigenvalue weighted by Gasteiger charge is -2.41. The second kappa shape index (κ2) is 5.73. The Bertz CT molecular complexity index is 491. The number of hydrogen-bond donors (Lipinski definition) is 0. The fraction of sp³-hybridized carbons (Fsp3) is 0.824. The Hall–Kier alpha value is -0.870. The molecule has 1 unspecified atom stereocenters. The summed E-state index contributed by atoms with van der Waals surface area (Å²) >= 11 is 0. The van der Waals surface area contributed by atoms with Crippen LogP contribution in [-0.4, -0.2) is 52.8 Å². The molecule has 2 heterocycles. The number of rotatable bonds is 4. The Morgan fingerprint density at radius 3 is 2.24 bits per heavy atom. The predicted molar refractivity (Wildman–Crippen MR) is 86.3 cm³/mol. The molecule has 2 aliphatic rings. The molecule has 21 heavy (non-hydrogen) atoms. The number of hydrogen-bond acceptors (Lipinski definition) is 3. The number of aromatic nitrogens is 2. The van der Waals surface area contributed by atoms with E-state index in [9.17, 15) is 0 Å². The molecule has 2 bridgehead atoms. The number of nitrogens with zero attached hydrogens (tertiary/aromatic N) is 4. The third-order valence-electron chi connectivity index (χ3n) is 5.67. The van der Waals surface area contributed by atoms with Crippen LogP contribution in [0.4, 0.5) is 0 Å². The van der Waals surface area contributed by atoms with Crippen molar-refractivity contribution in [3.63, 3.8) is 0 Å². The van der Waals surface area contributed by atoms with E-state index < -0.39 is 0 Å². The van der Waals surface area contributed by atoms with Crippen molar-refractivity contribution < 1.29 is 0 Å². The van der Waals surface area contributed by atoms with E-state index in [2.05, 4.69) is 54.4 Å². The van der Waals surface area contributed by atoms with Gasteiger partial charge in [0.25, 0.3) is 0 Å². The van der Waals surface area contributed by atoms with Crippen LogP contribution in [0.15, 0.2) is 0 Å². The van der Waals surface area contributed by atoms with Crippen LogP contribution >= 0.6 is 0 Å². The predicted octanol–water partition coefficient (Wildman–Crippen LogP) is 2.29. The van der Waals surface area contributed by atoms with E-state index in [1.54, 1.807) is 0 Å². The van der Waals surface area contributed by atoms with Crippen molar-refractivity contribution in [2.24, 2.45) is 11.8 Å². The van der Waals surface area contributed by atoms with Crippen LogP contribution in [0.5, 0.6) is 0 Å². The molecule has 0 N–H and O–H groups in total. The van der Waals surface area contributed by atoms with Crippen molar-refractivity contribution in [3.8, 4) is 0 Å². The van der Waals surface area contributed by atoms with Gasteiger partial charge in [-0.15, -0.1) is 0 Å². The van der Waals surface area contributed by atoms with Crippen LogP contribution in [0.25, 0.3) is 0 Å². The molecule has 1 saturated heterocycles. The second-order valence-electron chi connectivity index (χ2n) is 7.21. The summed E-state index contributed by atoms with van der Waals surface area (Å²) in [7, 11) is 4.51. The highest BCUT2D eigenvalue weighted by atomic mass is 15.3. The lowest BCUT2D eigenvalue weighted by Crippen LogP contribution is -2.50. The number of piperidine rings is 1. The van der Waals surface area contributed by atoms with E-state index >= 15 is 0 Å². The van der Waals surface area contributed by atoms with Crippen molar-refractivity contribution in [1.82, 2.24) is 19.6 Å². The Morgan fingerprint density at radius 2 is 1.76 bits per heavy atom. The van der Waals surface area contributed by atoms with Gasteiger partial charge in [-0.05, 0) is 59.5 Å². The van der Waals surface area contributed by atoms with Gasteiger partial charge < -0.3 is 4.90 Å². The van der Waals surface area contributed by atoms with E-state index in [0.29, 0.717) is 0 Å². The highest BCUT2D eigenvalue weighted by molar-refractivity contribution is 5.24. The molecule has 0 radical (unpaired) electrons. The van der Waals surface area contributed by atoms with Gasteiger partial charge in [-0.3, -0.25) is 9.58 Å². The highest BCUT2D eigenvalue weighted by Gasteiger charge is 2.42. The summed E-state index contributed by atoms with van der Waals surface area (Å²) in [4.78, 5) is 5.14. The maximum absolute atomic E-state index is 4.67. The number of likely N-dealkylation sites (tertiary alicyclic amines) is 1. The molecule has 4 heteroatoms. The average Bonchev–Trinajstić information content (AvgIpc) is 2.87. The standard InChI is InChI=1S/C17H30N4/c1-6-21-13(3)16(12(2)18-21)11-20-9-14-7-8-15(10-20)17(14)19(4)5/h14-15,17H,6-11H2,1-5H3/t14-,15+,17?. The topological polar surface area (TPSA) is 24.3 Å². The minimum atomic E-state index is 0.807. The molecule has 4 nitrogen and oxygen atoms in total. The largest absolute Gasteiger partial charge is 0.306 e. The first kappa shape index (κ1) is 15.0. The number of aryl methyl sites for hydroxylation is 2. The van der Waals surface area contributed by atoms with Gasteiger partial charge in [0, 0.05) is 43.5 Å². The fourth-order valence-electron chi connectivity index (χ4n) is 4.76. The zero-order valence-corrected chi connectivity index (χ0v) is 14.3. The monoisotopic (exact) mass is 290 g/mol. The van der Waals surface area contributed by atoms with Gasteiger partial charge in [-0.1, -0.05) is 0 Å². The third kappa shape index (κ3) is 2.64. The molecule has 0 amide bonds. The van der Waals surface area contributed by atoms with Crippen LogP contribution in [0.1, 0.15) is 36.7 Å². The highest BCUT2D eigenvalue weighted by Crippen LogP contribution is 2.39. The average molecular weight is 290 g/mol. The summed E-state index contributed by atoms with van der Waals surface area (Å²) in [5.74, 6) is 1.72. The Kier molecular flexibility index (Phi) is 4.10. The van der Waals surface area contributed by atoms with Crippen LogP contribution in [0.2, 0.25) is 0 Å². The Labute approximate surface area is 129 Å². The molecule has 1 aliphatic heterocycles. The van der Waals surface area contributed by atoms with Crippen LogP contribution in [0.3, 0.4) is 0 Å². The summed E-state index contributed by atoms with van der Waals surface area (Å²) in [5, 5.41) is 4.67. The third-order valence-corrected chi connectivity index (χ3v) is 5.67. The van der Waals surface area contributed by atoms with Gasteiger partial charge in [0.1, 0.15) is 0 Å².